The molecule has 3 aromatic carbocycles. The molecule has 0 fully saturated rings. The van der Waals surface area contributed by atoms with Crippen molar-refractivity contribution in [3.63, 3.8) is 0 Å². The van der Waals surface area contributed by atoms with Crippen LogP contribution in [-0.4, -0.2) is 35.8 Å². The maximum Gasteiger partial charge on any atom is 0.151 e. The lowest BCUT2D eigenvalue weighted by atomic mass is 10.0. The first-order valence-electron chi connectivity index (χ1n) is 10.8. The standard InChI is InChI=1S/C27H30O5/c1-21(29)26(31-19-23-13-7-3-8-14-23)27(32-20-24-15-9-4-10-16-24)25(17-28)30-18-22-11-5-2-6-12-22/h2-17,21,25-27,29H,18-20H2,1H3/t21-,25+,26+,27-/m1/s1. The van der Waals surface area contributed by atoms with E-state index in [-0.39, 0.29) is 19.8 Å². The number of hydrogen-bond acceptors (Lipinski definition) is 5. The van der Waals surface area contributed by atoms with Crippen LogP contribution in [-0.2, 0) is 38.8 Å². The minimum Gasteiger partial charge on any atom is -0.391 e. The molecule has 32 heavy (non-hydrogen) atoms. The molecule has 0 spiro atoms. The van der Waals surface area contributed by atoms with Gasteiger partial charge in [0.25, 0.3) is 0 Å². The number of ether oxygens (including phenoxy) is 3. The molecule has 0 bridgehead atoms. The quantitative estimate of drug-likeness (QED) is 0.406. The summed E-state index contributed by atoms with van der Waals surface area (Å²) in [7, 11) is 0. The van der Waals surface area contributed by atoms with E-state index in [2.05, 4.69) is 0 Å². The molecule has 4 atom stereocenters. The molecule has 3 rings (SSSR count). The second-order valence-corrected chi connectivity index (χ2v) is 7.66. The van der Waals surface area contributed by atoms with Gasteiger partial charge in [0.15, 0.2) is 6.29 Å². The Labute approximate surface area is 189 Å². The number of hydrogen-bond donors (Lipinski definition) is 1. The first kappa shape index (κ1) is 23.8. The highest BCUT2D eigenvalue weighted by Crippen LogP contribution is 2.20. The molecule has 0 radical (unpaired) electrons. The second kappa shape index (κ2) is 12.9. The van der Waals surface area contributed by atoms with E-state index in [1.807, 2.05) is 91.0 Å². The zero-order valence-electron chi connectivity index (χ0n) is 18.2. The van der Waals surface area contributed by atoms with Crippen molar-refractivity contribution < 1.29 is 24.1 Å². The van der Waals surface area contributed by atoms with Crippen LogP contribution in [0.3, 0.4) is 0 Å². The average molecular weight is 435 g/mol. The zero-order valence-corrected chi connectivity index (χ0v) is 18.2. The Morgan fingerprint density at radius 2 is 1.03 bits per heavy atom. The van der Waals surface area contributed by atoms with Gasteiger partial charge in [-0.05, 0) is 23.6 Å². The van der Waals surface area contributed by atoms with Crippen molar-refractivity contribution in [3.05, 3.63) is 108 Å². The van der Waals surface area contributed by atoms with Gasteiger partial charge in [-0.15, -0.1) is 0 Å². The summed E-state index contributed by atoms with van der Waals surface area (Å²) >= 11 is 0. The maximum absolute atomic E-state index is 12.0. The number of rotatable bonds is 13. The largest absolute Gasteiger partial charge is 0.391 e. The Kier molecular flexibility index (Phi) is 9.60. The normalized spacial score (nSPS) is 14.9. The van der Waals surface area contributed by atoms with Crippen molar-refractivity contribution in [3.8, 4) is 0 Å². The third-order valence-electron chi connectivity index (χ3n) is 5.11. The smallest absolute Gasteiger partial charge is 0.151 e. The highest BCUT2D eigenvalue weighted by molar-refractivity contribution is 5.57. The average Bonchev–Trinajstić information content (AvgIpc) is 2.84. The minimum absolute atomic E-state index is 0.251. The van der Waals surface area contributed by atoms with Gasteiger partial charge in [-0.1, -0.05) is 91.0 Å². The van der Waals surface area contributed by atoms with Gasteiger partial charge in [0.2, 0.25) is 0 Å². The van der Waals surface area contributed by atoms with Crippen LogP contribution in [0.4, 0.5) is 0 Å². The van der Waals surface area contributed by atoms with Crippen molar-refractivity contribution in [1.82, 2.24) is 0 Å². The van der Waals surface area contributed by atoms with Gasteiger partial charge in [-0.3, -0.25) is 0 Å². The van der Waals surface area contributed by atoms with Crippen LogP contribution in [0.25, 0.3) is 0 Å². The summed E-state index contributed by atoms with van der Waals surface area (Å²) in [6.07, 6.45) is -2.61. The van der Waals surface area contributed by atoms with Crippen LogP contribution in [0.1, 0.15) is 23.6 Å². The van der Waals surface area contributed by atoms with Crippen molar-refractivity contribution in [1.29, 1.82) is 0 Å². The number of carbonyl (C=O) groups excluding carboxylic acids is 1. The van der Waals surface area contributed by atoms with Crippen LogP contribution < -0.4 is 0 Å². The van der Waals surface area contributed by atoms with E-state index in [0.717, 1.165) is 23.0 Å². The van der Waals surface area contributed by atoms with Crippen LogP contribution >= 0.6 is 0 Å². The Balaban J connectivity index is 1.76. The molecule has 0 saturated heterocycles. The Hall–Kier alpha value is -2.83. The third-order valence-corrected chi connectivity index (χ3v) is 5.11. The van der Waals surface area contributed by atoms with Gasteiger partial charge < -0.3 is 24.1 Å². The molecule has 0 heterocycles. The molecule has 0 unspecified atom stereocenters. The summed E-state index contributed by atoms with van der Waals surface area (Å²) in [5.74, 6) is 0. The number of aliphatic hydroxyl groups is 1. The Bertz CT molecular complexity index is 899. The number of aldehydes is 1. The molecule has 3 aromatic rings. The molecule has 0 aliphatic carbocycles. The summed E-state index contributed by atoms with van der Waals surface area (Å²) in [5, 5.41) is 10.5. The van der Waals surface area contributed by atoms with Crippen LogP contribution in [0.5, 0.6) is 0 Å². The SMILES string of the molecule is C[C@@H](O)[C@H](OCc1ccccc1)[C@H](OCc1ccccc1)[C@H](C=O)OCc1ccccc1. The molecular weight excluding hydrogens is 404 g/mol. The molecule has 168 valence electrons. The summed E-state index contributed by atoms with van der Waals surface area (Å²) in [6, 6.07) is 29.0. The van der Waals surface area contributed by atoms with E-state index >= 15 is 0 Å². The minimum atomic E-state index is -0.908. The molecule has 0 aliphatic rings. The fourth-order valence-electron chi connectivity index (χ4n) is 3.40. The van der Waals surface area contributed by atoms with Crippen molar-refractivity contribution in [2.45, 2.75) is 51.2 Å². The predicted octanol–water partition coefficient (Wildman–Crippen LogP) is 4.32. The monoisotopic (exact) mass is 434 g/mol. The van der Waals surface area contributed by atoms with E-state index < -0.39 is 24.4 Å². The number of benzene rings is 3. The van der Waals surface area contributed by atoms with Crippen molar-refractivity contribution in [2.24, 2.45) is 0 Å². The third kappa shape index (κ3) is 7.39. The lowest BCUT2D eigenvalue weighted by molar-refractivity contribution is -0.176. The van der Waals surface area contributed by atoms with Gasteiger partial charge in [0.05, 0.1) is 25.9 Å². The summed E-state index contributed by atoms with van der Waals surface area (Å²) in [6.45, 7) is 2.43. The Morgan fingerprint density at radius 3 is 1.41 bits per heavy atom. The van der Waals surface area contributed by atoms with Crippen LogP contribution in [0, 0.1) is 0 Å². The summed E-state index contributed by atoms with van der Waals surface area (Å²) in [5.41, 5.74) is 2.87. The maximum atomic E-state index is 12.0. The molecule has 0 aliphatic heterocycles. The molecule has 0 aromatic heterocycles. The molecule has 5 heteroatoms. The lowest BCUT2D eigenvalue weighted by Crippen LogP contribution is -2.48. The van der Waals surface area contributed by atoms with E-state index in [9.17, 15) is 9.90 Å². The first-order valence-corrected chi connectivity index (χ1v) is 10.8. The zero-order chi connectivity index (χ0) is 22.6. The van der Waals surface area contributed by atoms with Crippen molar-refractivity contribution in [2.75, 3.05) is 0 Å². The Morgan fingerprint density at radius 1 is 0.656 bits per heavy atom. The molecule has 0 amide bonds. The summed E-state index contributed by atoms with van der Waals surface area (Å²) < 4.78 is 18.1. The highest BCUT2D eigenvalue weighted by Gasteiger charge is 2.35. The summed E-state index contributed by atoms with van der Waals surface area (Å²) in [4.78, 5) is 12.0. The lowest BCUT2D eigenvalue weighted by Gasteiger charge is -2.33. The van der Waals surface area contributed by atoms with E-state index in [0.29, 0.717) is 0 Å². The highest BCUT2D eigenvalue weighted by atomic mass is 16.6. The van der Waals surface area contributed by atoms with Gasteiger partial charge in [-0.2, -0.15) is 0 Å². The molecular formula is C27H30O5. The molecule has 1 N–H and O–H groups in total. The van der Waals surface area contributed by atoms with Gasteiger partial charge in [0, 0.05) is 0 Å². The van der Waals surface area contributed by atoms with Gasteiger partial charge >= 0.3 is 0 Å². The fourth-order valence-corrected chi connectivity index (χ4v) is 3.40. The second-order valence-electron chi connectivity index (χ2n) is 7.66. The molecule has 5 nitrogen and oxygen atoms in total. The topological polar surface area (TPSA) is 65.0 Å². The predicted molar refractivity (Wildman–Crippen MR) is 123 cm³/mol. The first-order chi connectivity index (χ1) is 15.7. The number of carbonyl (C=O) groups is 1. The van der Waals surface area contributed by atoms with E-state index in [1.54, 1.807) is 6.92 Å². The van der Waals surface area contributed by atoms with E-state index in [1.165, 1.54) is 0 Å². The van der Waals surface area contributed by atoms with Crippen LogP contribution in [0.2, 0.25) is 0 Å². The number of aliphatic hydroxyl groups excluding tert-OH is 1. The molecule has 0 saturated carbocycles. The van der Waals surface area contributed by atoms with E-state index in [4.69, 9.17) is 14.2 Å². The van der Waals surface area contributed by atoms with Gasteiger partial charge in [0.1, 0.15) is 18.3 Å². The fraction of sp³-hybridized carbons (Fsp3) is 0.296. The van der Waals surface area contributed by atoms with Crippen LogP contribution in [0.15, 0.2) is 91.0 Å². The van der Waals surface area contributed by atoms with Gasteiger partial charge in [-0.25, -0.2) is 0 Å². The van der Waals surface area contributed by atoms with Crippen molar-refractivity contribution >= 4 is 6.29 Å².